The topological polar surface area (TPSA) is 54.5 Å². The van der Waals surface area contributed by atoms with Crippen molar-refractivity contribution >= 4 is 11.6 Å². The van der Waals surface area contributed by atoms with Gasteiger partial charge in [0.1, 0.15) is 18.1 Å². The van der Waals surface area contributed by atoms with E-state index < -0.39 is 5.41 Å². The van der Waals surface area contributed by atoms with Crippen molar-refractivity contribution in [2.75, 3.05) is 0 Å². The summed E-state index contributed by atoms with van der Waals surface area (Å²) in [6, 6.07) is 20.2. The van der Waals surface area contributed by atoms with E-state index in [1.54, 1.807) is 11.0 Å². The number of hydrogen-bond donors (Lipinski definition) is 0. The average molecular weight is 337 g/mol. The number of halogens is 1. The molecule has 24 heavy (non-hydrogen) atoms. The van der Waals surface area contributed by atoms with Crippen LogP contribution in [-0.4, -0.2) is 14.8 Å². The van der Waals surface area contributed by atoms with Gasteiger partial charge in [0.05, 0.1) is 12.6 Å². The molecule has 1 unspecified atom stereocenters. The van der Waals surface area contributed by atoms with E-state index in [0.717, 1.165) is 12.0 Å². The Morgan fingerprint density at radius 3 is 2.46 bits per heavy atom. The molecule has 3 rings (SSSR count). The molecule has 0 bridgehead atoms. The molecule has 4 nitrogen and oxygen atoms in total. The fourth-order valence-electron chi connectivity index (χ4n) is 2.83. The molecule has 0 fully saturated rings. The summed E-state index contributed by atoms with van der Waals surface area (Å²) in [4.78, 5) is 3.99. The maximum atomic E-state index is 10.0. The molecule has 3 aromatic rings. The first kappa shape index (κ1) is 16.2. The summed E-state index contributed by atoms with van der Waals surface area (Å²) in [5.41, 5.74) is 1.47. The fourth-order valence-corrected chi connectivity index (χ4v) is 2.96. The predicted octanol–water partition coefficient (Wildman–Crippen LogP) is 4.03. The van der Waals surface area contributed by atoms with E-state index in [0.29, 0.717) is 18.0 Å². The van der Waals surface area contributed by atoms with Gasteiger partial charge < -0.3 is 0 Å². The lowest BCUT2D eigenvalue weighted by molar-refractivity contribution is 0.402. The van der Waals surface area contributed by atoms with E-state index in [-0.39, 0.29) is 0 Å². The predicted molar refractivity (Wildman–Crippen MR) is 93.5 cm³/mol. The van der Waals surface area contributed by atoms with Crippen molar-refractivity contribution in [3.63, 3.8) is 0 Å². The number of aryl methyl sites for hydroxylation is 1. The Morgan fingerprint density at radius 2 is 1.83 bits per heavy atom. The minimum atomic E-state index is -0.686. The van der Waals surface area contributed by atoms with E-state index in [4.69, 9.17) is 11.6 Å². The first-order valence-corrected chi connectivity index (χ1v) is 8.13. The van der Waals surface area contributed by atoms with Gasteiger partial charge in [-0.25, -0.2) is 4.98 Å². The lowest BCUT2D eigenvalue weighted by atomic mass is 9.77. The molecule has 0 aliphatic heterocycles. The summed E-state index contributed by atoms with van der Waals surface area (Å²) in [5, 5.41) is 14.9. The lowest BCUT2D eigenvalue weighted by Gasteiger charge is -2.27. The van der Waals surface area contributed by atoms with Crippen LogP contribution in [0.3, 0.4) is 0 Å². The Morgan fingerprint density at radius 1 is 1.08 bits per heavy atom. The first-order chi connectivity index (χ1) is 11.7. The zero-order chi connectivity index (χ0) is 16.8. The van der Waals surface area contributed by atoms with Gasteiger partial charge in [-0.05, 0) is 36.1 Å². The zero-order valence-electron chi connectivity index (χ0n) is 13.1. The molecule has 0 saturated heterocycles. The largest absolute Gasteiger partial charge is 0.251 e. The monoisotopic (exact) mass is 336 g/mol. The highest BCUT2D eigenvalue weighted by Gasteiger charge is 2.33. The average Bonchev–Trinajstić information content (AvgIpc) is 3.13. The smallest absolute Gasteiger partial charge is 0.137 e. The third-order valence-corrected chi connectivity index (χ3v) is 4.44. The van der Waals surface area contributed by atoms with Crippen LogP contribution in [0.4, 0.5) is 0 Å². The Labute approximate surface area is 146 Å². The van der Waals surface area contributed by atoms with E-state index in [9.17, 15) is 5.26 Å². The summed E-state index contributed by atoms with van der Waals surface area (Å²) >= 11 is 6.01. The van der Waals surface area contributed by atoms with Crippen LogP contribution in [0.1, 0.15) is 17.5 Å². The Bertz CT molecular complexity index is 807. The Hall–Kier alpha value is -2.64. The molecular weight excluding hydrogens is 320 g/mol. The van der Waals surface area contributed by atoms with Gasteiger partial charge in [0.25, 0.3) is 0 Å². The quantitative estimate of drug-likeness (QED) is 0.683. The van der Waals surface area contributed by atoms with Crippen molar-refractivity contribution in [3.8, 4) is 6.07 Å². The molecule has 0 radical (unpaired) electrons. The highest BCUT2D eigenvalue weighted by Crippen LogP contribution is 2.32. The third-order valence-electron chi connectivity index (χ3n) is 4.19. The van der Waals surface area contributed by atoms with Gasteiger partial charge in [-0.2, -0.15) is 10.4 Å². The van der Waals surface area contributed by atoms with E-state index in [2.05, 4.69) is 28.3 Å². The summed E-state index contributed by atoms with van der Waals surface area (Å²) in [6.45, 7) is 0.456. The van der Waals surface area contributed by atoms with Gasteiger partial charge in [-0.3, -0.25) is 4.68 Å². The maximum absolute atomic E-state index is 10.0. The van der Waals surface area contributed by atoms with Crippen LogP contribution < -0.4 is 0 Å². The minimum Gasteiger partial charge on any atom is -0.251 e. The summed E-state index contributed by atoms with van der Waals surface area (Å²) in [7, 11) is 0. The van der Waals surface area contributed by atoms with Crippen LogP contribution in [0.2, 0.25) is 5.02 Å². The molecule has 1 heterocycles. The first-order valence-electron chi connectivity index (χ1n) is 7.75. The molecule has 0 saturated carbocycles. The highest BCUT2D eigenvalue weighted by atomic mass is 35.5. The Balaban J connectivity index is 1.92. The third kappa shape index (κ3) is 3.64. The van der Waals surface area contributed by atoms with Crippen LogP contribution in [0, 0.1) is 11.3 Å². The van der Waals surface area contributed by atoms with Crippen LogP contribution in [-0.2, 0) is 18.4 Å². The molecule has 120 valence electrons. The molecule has 1 aromatic heterocycles. The molecule has 1 atom stereocenters. The van der Waals surface area contributed by atoms with Gasteiger partial charge >= 0.3 is 0 Å². The van der Waals surface area contributed by atoms with Crippen molar-refractivity contribution in [2.24, 2.45) is 0 Å². The van der Waals surface area contributed by atoms with Crippen LogP contribution in [0.15, 0.2) is 67.3 Å². The minimum absolute atomic E-state index is 0.456. The number of rotatable bonds is 6. The SMILES string of the molecule is N#CC(CCc1ccccc1)(Cn1cncn1)c1ccc(Cl)cc1. The summed E-state index contributed by atoms with van der Waals surface area (Å²) < 4.78 is 1.71. The number of aromatic nitrogens is 3. The van der Waals surface area contributed by atoms with Gasteiger partial charge in [-0.15, -0.1) is 0 Å². The van der Waals surface area contributed by atoms with Crippen molar-refractivity contribution in [1.82, 2.24) is 14.8 Å². The number of benzene rings is 2. The van der Waals surface area contributed by atoms with Crippen LogP contribution in [0.25, 0.3) is 0 Å². The second-order valence-corrected chi connectivity index (χ2v) is 6.22. The summed E-state index contributed by atoms with van der Waals surface area (Å²) in [5.74, 6) is 0. The van der Waals surface area contributed by atoms with Crippen molar-refractivity contribution in [3.05, 3.63) is 83.4 Å². The molecule has 0 aliphatic carbocycles. The Kier molecular flexibility index (Phi) is 4.93. The molecular formula is C19H17ClN4. The normalized spacial score (nSPS) is 13.2. The van der Waals surface area contributed by atoms with Gasteiger partial charge in [0.15, 0.2) is 0 Å². The number of hydrogen-bond acceptors (Lipinski definition) is 3. The molecule has 0 amide bonds. The number of nitrogens with zero attached hydrogens (tertiary/aromatic N) is 4. The van der Waals surface area contributed by atoms with Crippen molar-refractivity contribution in [1.29, 1.82) is 5.26 Å². The van der Waals surface area contributed by atoms with Gasteiger partial charge in [0, 0.05) is 5.02 Å². The van der Waals surface area contributed by atoms with Crippen molar-refractivity contribution < 1.29 is 0 Å². The summed E-state index contributed by atoms with van der Waals surface area (Å²) in [6.07, 6.45) is 4.63. The lowest BCUT2D eigenvalue weighted by Crippen LogP contribution is -2.31. The second kappa shape index (κ2) is 7.29. The van der Waals surface area contributed by atoms with E-state index in [1.165, 1.54) is 11.9 Å². The van der Waals surface area contributed by atoms with E-state index >= 15 is 0 Å². The van der Waals surface area contributed by atoms with Gasteiger partial charge in [-0.1, -0.05) is 54.1 Å². The van der Waals surface area contributed by atoms with Crippen LogP contribution in [0.5, 0.6) is 0 Å². The zero-order valence-corrected chi connectivity index (χ0v) is 13.9. The maximum Gasteiger partial charge on any atom is 0.137 e. The van der Waals surface area contributed by atoms with Crippen molar-refractivity contribution in [2.45, 2.75) is 24.8 Å². The number of nitriles is 1. The molecule has 0 N–H and O–H groups in total. The molecule has 0 aliphatic rings. The molecule has 0 spiro atoms. The standard InChI is InChI=1S/C19H17ClN4/c20-18-8-6-17(7-9-18)19(12-21,13-24-15-22-14-23-24)11-10-16-4-2-1-3-5-16/h1-9,14-15H,10-11,13H2. The van der Waals surface area contributed by atoms with E-state index in [1.807, 2.05) is 42.5 Å². The second-order valence-electron chi connectivity index (χ2n) is 5.78. The van der Waals surface area contributed by atoms with Crippen LogP contribution >= 0.6 is 11.6 Å². The fraction of sp³-hybridized carbons (Fsp3) is 0.211. The molecule has 5 heteroatoms. The highest BCUT2D eigenvalue weighted by molar-refractivity contribution is 6.30. The van der Waals surface area contributed by atoms with Gasteiger partial charge in [0.2, 0.25) is 0 Å². The molecule has 2 aromatic carbocycles.